The van der Waals surface area contributed by atoms with E-state index in [2.05, 4.69) is 40.1 Å². The highest BCUT2D eigenvalue weighted by Crippen LogP contribution is 2.61. The van der Waals surface area contributed by atoms with Crippen LogP contribution >= 0.6 is 34.8 Å². The van der Waals surface area contributed by atoms with Crippen molar-refractivity contribution in [3.8, 4) is 0 Å². The van der Waals surface area contributed by atoms with Crippen LogP contribution in [0, 0.1) is 26.7 Å². The number of rotatable bonds is 3. The molecule has 4 saturated carbocycles. The summed E-state index contributed by atoms with van der Waals surface area (Å²) in [6.45, 7) is 2.26. The number of carbonyl (C=O) groups is 1. The van der Waals surface area contributed by atoms with Crippen LogP contribution in [0.25, 0.3) is 0 Å². The highest BCUT2D eigenvalue weighted by atomic mass is 127. The van der Waals surface area contributed by atoms with Gasteiger partial charge in [-0.3, -0.25) is 10.1 Å². The molecule has 4 fully saturated rings. The Bertz CT molecular complexity index is 669. The standard InChI is InChI=1S/C20H25IN2OS/c1-12(20-9-13-5-14(10-20)7-15(6-13)11-20)22-19(25)23-18(24)16-3-2-4-17(21)8-16/h2-4,8,12-15H,5-7,9-11H2,1H3,(H2,22,23,24,25). The van der Waals surface area contributed by atoms with E-state index in [9.17, 15) is 4.79 Å². The van der Waals surface area contributed by atoms with E-state index in [1.165, 1.54) is 38.5 Å². The molecule has 1 atom stereocenters. The zero-order valence-corrected chi connectivity index (χ0v) is 17.5. The Morgan fingerprint density at radius 2 is 1.80 bits per heavy atom. The second-order valence-electron chi connectivity index (χ2n) is 8.44. The average molecular weight is 468 g/mol. The lowest BCUT2D eigenvalue weighted by atomic mass is 9.48. The topological polar surface area (TPSA) is 41.1 Å². The molecule has 1 amide bonds. The normalized spacial score (nSPS) is 33.8. The molecule has 1 unspecified atom stereocenters. The Morgan fingerprint density at radius 3 is 2.36 bits per heavy atom. The average Bonchev–Trinajstić information content (AvgIpc) is 2.53. The van der Waals surface area contributed by atoms with E-state index in [0.717, 1.165) is 21.3 Å². The van der Waals surface area contributed by atoms with Gasteiger partial charge in [-0.1, -0.05) is 6.07 Å². The summed E-state index contributed by atoms with van der Waals surface area (Å²) in [5.74, 6) is 2.63. The summed E-state index contributed by atoms with van der Waals surface area (Å²) in [5.41, 5.74) is 1.03. The van der Waals surface area contributed by atoms with Crippen molar-refractivity contribution in [2.75, 3.05) is 0 Å². The molecule has 1 aromatic carbocycles. The first-order chi connectivity index (χ1) is 11.9. The van der Waals surface area contributed by atoms with Crippen molar-refractivity contribution in [3.63, 3.8) is 0 Å². The number of thiocarbonyl (C=S) groups is 1. The molecular formula is C20H25IN2OS. The SMILES string of the molecule is CC(NC(=S)NC(=O)c1cccc(I)c1)C12CC3CC(CC(C3)C1)C2. The van der Waals surface area contributed by atoms with E-state index in [0.29, 0.717) is 22.1 Å². The molecule has 3 nitrogen and oxygen atoms in total. The molecule has 4 aliphatic rings. The van der Waals surface area contributed by atoms with Crippen LogP contribution in [0.3, 0.4) is 0 Å². The number of amides is 1. The molecule has 0 heterocycles. The van der Waals surface area contributed by atoms with Crippen molar-refractivity contribution in [3.05, 3.63) is 33.4 Å². The van der Waals surface area contributed by atoms with E-state index in [-0.39, 0.29) is 5.91 Å². The van der Waals surface area contributed by atoms with E-state index in [1.807, 2.05) is 24.3 Å². The molecule has 0 radical (unpaired) electrons. The molecule has 0 aromatic heterocycles. The first kappa shape index (κ1) is 17.7. The number of halogens is 1. The summed E-state index contributed by atoms with van der Waals surface area (Å²) in [7, 11) is 0. The van der Waals surface area contributed by atoms with E-state index < -0.39 is 0 Å². The van der Waals surface area contributed by atoms with Gasteiger partial charge in [-0.05, 0) is 122 Å². The molecule has 4 bridgehead atoms. The van der Waals surface area contributed by atoms with Crippen LogP contribution in [0.1, 0.15) is 55.8 Å². The maximum absolute atomic E-state index is 12.4. The molecule has 0 spiro atoms. The molecule has 5 rings (SSSR count). The monoisotopic (exact) mass is 468 g/mol. The van der Waals surface area contributed by atoms with Crippen molar-refractivity contribution >= 4 is 45.8 Å². The molecule has 2 N–H and O–H groups in total. The summed E-state index contributed by atoms with van der Waals surface area (Å²) in [5, 5.41) is 6.78. The van der Waals surface area contributed by atoms with Gasteiger partial charge < -0.3 is 5.32 Å². The van der Waals surface area contributed by atoms with Crippen molar-refractivity contribution in [2.24, 2.45) is 23.2 Å². The number of hydrogen-bond acceptors (Lipinski definition) is 2. The van der Waals surface area contributed by atoms with Gasteiger partial charge in [0.25, 0.3) is 5.91 Å². The molecule has 1 aromatic rings. The Morgan fingerprint density at radius 1 is 1.20 bits per heavy atom. The van der Waals surface area contributed by atoms with Crippen LogP contribution in [0.5, 0.6) is 0 Å². The van der Waals surface area contributed by atoms with Gasteiger partial charge >= 0.3 is 0 Å². The van der Waals surface area contributed by atoms with Crippen molar-refractivity contribution in [1.82, 2.24) is 10.6 Å². The number of benzene rings is 1. The van der Waals surface area contributed by atoms with Gasteiger partial charge in [-0.15, -0.1) is 0 Å². The van der Waals surface area contributed by atoms with Gasteiger partial charge in [-0.2, -0.15) is 0 Å². The summed E-state index contributed by atoms with van der Waals surface area (Å²) in [4.78, 5) is 12.4. The Hall–Kier alpha value is -0.690. The largest absolute Gasteiger partial charge is 0.359 e. The Balaban J connectivity index is 1.38. The maximum Gasteiger partial charge on any atom is 0.257 e. The van der Waals surface area contributed by atoms with Crippen LogP contribution in [0.15, 0.2) is 24.3 Å². The van der Waals surface area contributed by atoms with Crippen LogP contribution in [0.4, 0.5) is 0 Å². The third-order valence-electron chi connectivity index (χ3n) is 6.67. The minimum absolute atomic E-state index is 0.131. The minimum Gasteiger partial charge on any atom is -0.359 e. The van der Waals surface area contributed by atoms with Crippen molar-refractivity contribution in [2.45, 2.75) is 51.5 Å². The summed E-state index contributed by atoms with van der Waals surface area (Å²) in [6.07, 6.45) is 8.33. The van der Waals surface area contributed by atoms with Crippen molar-refractivity contribution in [1.29, 1.82) is 0 Å². The highest BCUT2D eigenvalue weighted by Gasteiger charge is 2.53. The predicted octanol–water partition coefficient (Wildman–Crippen LogP) is 4.50. The molecule has 0 saturated heterocycles. The Labute approximate surface area is 168 Å². The zero-order chi connectivity index (χ0) is 17.6. The molecule has 4 aliphatic carbocycles. The van der Waals surface area contributed by atoms with Gasteiger partial charge in [0.1, 0.15) is 0 Å². The second-order valence-corrected chi connectivity index (χ2v) is 10.1. The van der Waals surface area contributed by atoms with Crippen LogP contribution in [0.2, 0.25) is 0 Å². The van der Waals surface area contributed by atoms with Gasteiger partial charge in [0.2, 0.25) is 0 Å². The van der Waals surface area contributed by atoms with Gasteiger partial charge in [0.05, 0.1) is 0 Å². The first-order valence-corrected chi connectivity index (χ1v) is 10.8. The molecule has 5 heteroatoms. The van der Waals surface area contributed by atoms with Crippen molar-refractivity contribution < 1.29 is 4.79 Å². The fraction of sp³-hybridized carbons (Fsp3) is 0.600. The lowest BCUT2D eigenvalue weighted by Gasteiger charge is -2.59. The summed E-state index contributed by atoms with van der Waals surface area (Å²) < 4.78 is 1.05. The quantitative estimate of drug-likeness (QED) is 0.507. The minimum atomic E-state index is -0.131. The molecule has 25 heavy (non-hydrogen) atoms. The smallest absolute Gasteiger partial charge is 0.257 e. The maximum atomic E-state index is 12.4. The fourth-order valence-corrected chi connectivity index (χ4v) is 6.71. The highest BCUT2D eigenvalue weighted by molar-refractivity contribution is 14.1. The second kappa shape index (κ2) is 6.80. The number of hydrogen-bond donors (Lipinski definition) is 2. The lowest BCUT2D eigenvalue weighted by Crippen LogP contribution is -2.57. The predicted molar refractivity (Wildman–Crippen MR) is 112 cm³/mol. The third kappa shape index (κ3) is 3.59. The third-order valence-corrected chi connectivity index (χ3v) is 7.56. The van der Waals surface area contributed by atoms with E-state index >= 15 is 0 Å². The summed E-state index contributed by atoms with van der Waals surface area (Å²) >= 11 is 7.66. The van der Waals surface area contributed by atoms with Crippen LogP contribution in [-0.2, 0) is 0 Å². The summed E-state index contributed by atoms with van der Waals surface area (Å²) in [6, 6.07) is 7.89. The van der Waals surface area contributed by atoms with Crippen LogP contribution in [-0.4, -0.2) is 17.1 Å². The Kier molecular flexibility index (Phi) is 4.82. The first-order valence-electron chi connectivity index (χ1n) is 9.31. The van der Waals surface area contributed by atoms with Gasteiger partial charge in [-0.25, -0.2) is 0 Å². The van der Waals surface area contributed by atoms with E-state index in [4.69, 9.17) is 12.2 Å². The van der Waals surface area contributed by atoms with Crippen LogP contribution < -0.4 is 10.6 Å². The fourth-order valence-electron chi connectivity index (χ4n) is 5.90. The lowest BCUT2D eigenvalue weighted by molar-refractivity contribution is -0.0672. The van der Waals surface area contributed by atoms with Gasteiger partial charge in [0, 0.05) is 15.2 Å². The molecule has 134 valence electrons. The van der Waals surface area contributed by atoms with Gasteiger partial charge in [0.15, 0.2) is 5.11 Å². The zero-order valence-electron chi connectivity index (χ0n) is 14.6. The number of nitrogens with one attached hydrogen (secondary N) is 2. The molecule has 0 aliphatic heterocycles. The molecular weight excluding hydrogens is 443 g/mol. The van der Waals surface area contributed by atoms with E-state index in [1.54, 1.807) is 0 Å². The number of carbonyl (C=O) groups excluding carboxylic acids is 1.